The van der Waals surface area contributed by atoms with Crippen LogP contribution < -0.4 is 5.48 Å². The molecule has 0 aliphatic rings. The van der Waals surface area contributed by atoms with Crippen LogP contribution in [0.3, 0.4) is 0 Å². The molecule has 5 nitrogen and oxygen atoms in total. The van der Waals surface area contributed by atoms with Gasteiger partial charge in [0.2, 0.25) is 0 Å². The Kier molecular flexibility index (Phi) is 4.72. The topological polar surface area (TPSA) is 64.6 Å². The quantitative estimate of drug-likeness (QED) is 0.840. The number of ether oxygens (including phenoxy) is 1. The predicted octanol–water partition coefficient (Wildman–Crippen LogP) is 2.58. The normalized spacial score (nSPS) is 10.9. The van der Waals surface area contributed by atoms with Gasteiger partial charge in [-0.3, -0.25) is 0 Å². The van der Waals surface area contributed by atoms with Gasteiger partial charge in [-0.2, -0.15) is 0 Å². The van der Waals surface area contributed by atoms with Crippen LogP contribution in [0.1, 0.15) is 30.5 Å². The van der Waals surface area contributed by atoms with Gasteiger partial charge in [-0.15, -0.1) is 16.8 Å². The van der Waals surface area contributed by atoms with Crippen LogP contribution in [-0.4, -0.2) is 17.7 Å². The molecule has 1 rings (SSSR count). The Balaban J connectivity index is 2.31. The van der Waals surface area contributed by atoms with E-state index in [1.165, 1.54) is 11.3 Å². The van der Waals surface area contributed by atoms with Gasteiger partial charge in [0.25, 0.3) is 0 Å². The summed E-state index contributed by atoms with van der Waals surface area (Å²) in [5.41, 5.74) is 1.34. The Labute approximate surface area is 110 Å². The second-order valence-electron chi connectivity index (χ2n) is 4.77. The fourth-order valence-electron chi connectivity index (χ4n) is 1.16. The van der Waals surface area contributed by atoms with E-state index in [-0.39, 0.29) is 6.42 Å². The lowest BCUT2D eigenvalue weighted by Crippen LogP contribution is -2.34. The van der Waals surface area contributed by atoms with Gasteiger partial charge in [0.1, 0.15) is 5.60 Å². The van der Waals surface area contributed by atoms with Gasteiger partial charge < -0.3 is 9.57 Å². The number of aryl methyl sites for hydroxylation is 1. The third-order valence-electron chi connectivity index (χ3n) is 1.76. The molecule has 100 valence electrons. The molecule has 1 N–H and O–H groups in total. The molecule has 0 unspecified atom stereocenters. The van der Waals surface area contributed by atoms with Crippen LogP contribution in [0.15, 0.2) is 12.1 Å². The van der Waals surface area contributed by atoms with Crippen molar-refractivity contribution >= 4 is 23.4 Å². The number of hydroxylamine groups is 1. The predicted molar refractivity (Wildman–Crippen MR) is 68.2 cm³/mol. The van der Waals surface area contributed by atoms with Gasteiger partial charge in [-0.05, 0) is 39.8 Å². The van der Waals surface area contributed by atoms with E-state index in [0.29, 0.717) is 0 Å². The van der Waals surface area contributed by atoms with Crippen molar-refractivity contribution in [2.75, 3.05) is 0 Å². The summed E-state index contributed by atoms with van der Waals surface area (Å²) in [4.78, 5) is 29.2. The van der Waals surface area contributed by atoms with Crippen LogP contribution in [0.25, 0.3) is 0 Å². The minimum atomic E-state index is -0.779. The second kappa shape index (κ2) is 5.86. The van der Waals surface area contributed by atoms with E-state index in [2.05, 4.69) is 4.84 Å². The number of carbonyl (C=O) groups excluding carboxylic acids is 2. The number of amides is 1. The van der Waals surface area contributed by atoms with Crippen molar-refractivity contribution < 1.29 is 19.2 Å². The maximum atomic E-state index is 11.4. The third-order valence-corrected chi connectivity index (χ3v) is 2.76. The Morgan fingerprint density at radius 3 is 2.50 bits per heavy atom. The first-order chi connectivity index (χ1) is 8.26. The first kappa shape index (κ1) is 14.5. The Morgan fingerprint density at radius 2 is 2.00 bits per heavy atom. The fourth-order valence-corrected chi connectivity index (χ4v) is 2.03. The highest BCUT2D eigenvalue weighted by Gasteiger charge is 2.17. The fraction of sp³-hybridized carbons (Fsp3) is 0.500. The second-order valence-corrected chi connectivity index (χ2v) is 6.14. The molecule has 1 aromatic rings. The molecule has 6 heteroatoms. The molecule has 0 radical (unpaired) electrons. The highest BCUT2D eigenvalue weighted by atomic mass is 32.1. The molecule has 0 aliphatic heterocycles. The average molecular weight is 271 g/mol. The zero-order valence-corrected chi connectivity index (χ0v) is 11.7. The van der Waals surface area contributed by atoms with Crippen molar-refractivity contribution in [3.05, 3.63) is 21.9 Å². The van der Waals surface area contributed by atoms with Crippen LogP contribution in [0.5, 0.6) is 0 Å². The summed E-state index contributed by atoms with van der Waals surface area (Å²) >= 11 is 1.52. The molecule has 0 atom stereocenters. The molecule has 0 fully saturated rings. The Morgan fingerprint density at radius 1 is 1.33 bits per heavy atom. The van der Waals surface area contributed by atoms with E-state index in [4.69, 9.17) is 4.74 Å². The summed E-state index contributed by atoms with van der Waals surface area (Å²) in [5, 5.41) is 0. The number of hydrogen-bond donors (Lipinski definition) is 1. The lowest BCUT2D eigenvalue weighted by molar-refractivity contribution is -0.149. The van der Waals surface area contributed by atoms with Crippen LogP contribution in [0.2, 0.25) is 0 Å². The molecular formula is C12H17NO4S. The van der Waals surface area contributed by atoms with E-state index in [1.807, 2.05) is 24.5 Å². The monoisotopic (exact) mass is 271 g/mol. The number of hydrogen-bond acceptors (Lipinski definition) is 5. The standard InChI is InChI=1S/C12H17NO4S/c1-8-5-6-9(18-8)7-10(14)17-13-11(15)16-12(2,3)4/h5-6H,7H2,1-4H3,(H,13,15). The van der Waals surface area contributed by atoms with Gasteiger partial charge in [0.15, 0.2) is 0 Å². The lowest BCUT2D eigenvalue weighted by atomic mass is 10.2. The third kappa shape index (κ3) is 5.67. The molecular weight excluding hydrogens is 254 g/mol. The summed E-state index contributed by atoms with van der Waals surface area (Å²) in [5.74, 6) is -0.525. The zero-order chi connectivity index (χ0) is 13.8. The summed E-state index contributed by atoms with van der Waals surface area (Å²) < 4.78 is 4.92. The highest BCUT2D eigenvalue weighted by molar-refractivity contribution is 7.12. The van der Waals surface area contributed by atoms with Crippen molar-refractivity contribution in [3.63, 3.8) is 0 Å². The lowest BCUT2D eigenvalue weighted by Gasteiger charge is -2.19. The van der Waals surface area contributed by atoms with E-state index in [0.717, 1.165) is 9.75 Å². The van der Waals surface area contributed by atoms with Crippen molar-refractivity contribution in [2.45, 2.75) is 39.7 Å². The molecule has 18 heavy (non-hydrogen) atoms. The molecule has 0 spiro atoms. The smallest absolute Gasteiger partial charge is 0.441 e. The highest BCUT2D eigenvalue weighted by Crippen LogP contribution is 2.15. The van der Waals surface area contributed by atoms with Gasteiger partial charge >= 0.3 is 12.1 Å². The number of rotatable bonds is 2. The van der Waals surface area contributed by atoms with E-state index >= 15 is 0 Å². The zero-order valence-electron chi connectivity index (χ0n) is 10.9. The maximum absolute atomic E-state index is 11.4. The summed E-state index contributed by atoms with van der Waals surface area (Å²) in [6, 6.07) is 3.78. The first-order valence-electron chi connectivity index (χ1n) is 5.50. The van der Waals surface area contributed by atoms with Crippen molar-refractivity contribution in [2.24, 2.45) is 0 Å². The van der Waals surface area contributed by atoms with Crippen molar-refractivity contribution in [3.8, 4) is 0 Å². The maximum Gasteiger partial charge on any atom is 0.441 e. The van der Waals surface area contributed by atoms with Gasteiger partial charge in [0, 0.05) is 9.75 Å². The van der Waals surface area contributed by atoms with Crippen LogP contribution >= 0.6 is 11.3 Å². The average Bonchev–Trinajstić information content (AvgIpc) is 2.58. The van der Waals surface area contributed by atoms with Crippen molar-refractivity contribution in [1.29, 1.82) is 0 Å². The molecule has 0 bridgehead atoms. The van der Waals surface area contributed by atoms with Gasteiger partial charge in [-0.25, -0.2) is 9.59 Å². The Hall–Kier alpha value is -1.56. The molecule has 1 heterocycles. The summed E-state index contributed by atoms with van der Waals surface area (Å²) in [6.07, 6.45) is -0.646. The van der Waals surface area contributed by atoms with Crippen LogP contribution in [0.4, 0.5) is 4.79 Å². The Bertz CT molecular complexity index is 434. The molecule has 0 saturated heterocycles. The number of thiophene rings is 1. The van der Waals surface area contributed by atoms with Gasteiger partial charge in [0.05, 0.1) is 6.42 Å². The minimum absolute atomic E-state index is 0.133. The summed E-state index contributed by atoms with van der Waals surface area (Å²) in [6.45, 7) is 7.13. The number of carbonyl (C=O) groups is 2. The van der Waals surface area contributed by atoms with Crippen molar-refractivity contribution in [1.82, 2.24) is 5.48 Å². The van der Waals surface area contributed by atoms with Crippen LogP contribution in [0, 0.1) is 6.92 Å². The largest absolute Gasteiger partial charge is 0.442 e. The SMILES string of the molecule is Cc1ccc(CC(=O)ONC(=O)OC(C)(C)C)s1. The molecule has 1 amide bonds. The van der Waals surface area contributed by atoms with E-state index in [9.17, 15) is 9.59 Å². The van der Waals surface area contributed by atoms with E-state index < -0.39 is 17.7 Å². The first-order valence-corrected chi connectivity index (χ1v) is 6.32. The number of nitrogens with one attached hydrogen (secondary N) is 1. The minimum Gasteiger partial charge on any atom is -0.442 e. The van der Waals surface area contributed by atoms with E-state index in [1.54, 1.807) is 20.8 Å². The molecule has 0 aromatic carbocycles. The van der Waals surface area contributed by atoms with Gasteiger partial charge in [-0.1, -0.05) is 0 Å². The molecule has 0 saturated carbocycles. The van der Waals surface area contributed by atoms with Crippen LogP contribution in [-0.2, 0) is 20.8 Å². The molecule has 0 aliphatic carbocycles. The molecule has 1 aromatic heterocycles. The summed E-state index contributed by atoms with van der Waals surface area (Å²) in [7, 11) is 0.